The van der Waals surface area contributed by atoms with Crippen molar-refractivity contribution in [3.8, 4) is 0 Å². The number of amides is 4. The van der Waals surface area contributed by atoms with E-state index in [-0.39, 0.29) is 0 Å². The van der Waals surface area contributed by atoms with E-state index in [4.69, 9.17) is 5.73 Å². The predicted molar refractivity (Wildman–Crippen MR) is 39.6 cm³/mol. The van der Waals surface area contributed by atoms with E-state index in [0.717, 1.165) is 5.01 Å². The van der Waals surface area contributed by atoms with E-state index in [9.17, 15) is 9.59 Å². The summed E-state index contributed by atoms with van der Waals surface area (Å²) in [6.45, 7) is 0. The lowest BCUT2D eigenvalue weighted by Crippen LogP contribution is -2.49. The normalized spacial score (nSPS) is 8.64. The van der Waals surface area contributed by atoms with Crippen molar-refractivity contribution in [2.24, 2.45) is 5.73 Å². The van der Waals surface area contributed by atoms with Crippen LogP contribution in [0.3, 0.4) is 0 Å². The Morgan fingerprint density at radius 1 is 1.27 bits per heavy atom. The monoisotopic (exact) mass is 160 g/mol. The second-order valence-electron chi connectivity index (χ2n) is 2.21. The predicted octanol–water partition coefficient (Wildman–Crippen LogP) is -0.817. The third-order valence-electron chi connectivity index (χ3n) is 1.00. The van der Waals surface area contributed by atoms with Crippen LogP contribution in [0.5, 0.6) is 0 Å². The Hall–Kier alpha value is -1.46. The molecule has 0 saturated carbocycles. The van der Waals surface area contributed by atoms with Crippen molar-refractivity contribution < 1.29 is 9.59 Å². The average molecular weight is 160 g/mol. The molecule has 3 N–H and O–H groups in total. The van der Waals surface area contributed by atoms with Crippen molar-refractivity contribution >= 4 is 12.1 Å². The lowest BCUT2D eigenvalue weighted by Gasteiger charge is -2.18. The van der Waals surface area contributed by atoms with Crippen molar-refractivity contribution in [3.05, 3.63) is 0 Å². The number of nitrogens with zero attached hydrogens (tertiary/aromatic N) is 2. The zero-order chi connectivity index (χ0) is 9.02. The van der Waals surface area contributed by atoms with Gasteiger partial charge in [-0.1, -0.05) is 0 Å². The van der Waals surface area contributed by atoms with Crippen molar-refractivity contribution in [1.82, 2.24) is 15.3 Å². The van der Waals surface area contributed by atoms with Gasteiger partial charge in [-0.15, -0.1) is 0 Å². The molecule has 0 radical (unpaired) electrons. The summed E-state index contributed by atoms with van der Waals surface area (Å²) in [6.07, 6.45) is 0. The molecule has 6 heteroatoms. The molecule has 0 bridgehead atoms. The molecule has 0 atom stereocenters. The summed E-state index contributed by atoms with van der Waals surface area (Å²) < 4.78 is 0. The Labute approximate surface area is 64.9 Å². The van der Waals surface area contributed by atoms with Crippen LogP contribution in [0.25, 0.3) is 0 Å². The minimum Gasteiger partial charge on any atom is -0.350 e. The molecule has 0 aromatic carbocycles. The molecule has 0 aliphatic heterocycles. The molecule has 0 rings (SSSR count). The molecule has 0 aliphatic rings. The van der Waals surface area contributed by atoms with Crippen molar-refractivity contribution in [1.29, 1.82) is 0 Å². The summed E-state index contributed by atoms with van der Waals surface area (Å²) in [5.74, 6) is 0. The molecule has 64 valence electrons. The zero-order valence-electron chi connectivity index (χ0n) is 6.79. The summed E-state index contributed by atoms with van der Waals surface area (Å²) >= 11 is 0. The van der Waals surface area contributed by atoms with Gasteiger partial charge in [-0.05, 0) is 0 Å². The van der Waals surface area contributed by atoms with Gasteiger partial charge < -0.3 is 10.6 Å². The lowest BCUT2D eigenvalue weighted by molar-refractivity contribution is 0.174. The maximum absolute atomic E-state index is 10.8. The fraction of sp³-hybridized carbons (Fsp3) is 0.600. The Morgan fingerprint density at radius 3 is 2.00 bits per heavy atom. The van der Waals surface area contributed by atoms with E-state index in [2.05, 4.69) is 5.43 Å². The highest BCUT2D eigenvalue weighted by Crippen LogP contribution is 1.79. The molecule has 6 nitrogen and oxygen atoms in total. The summed E-state index contributed by atoms with van der Waals surface area (Å²) in [7, 11) is 4.48. The molecule has 0 aromatic heterocycles. The standard InChI is InChI=1S/C5H12N4O2/c1-8(2)5(11)7-9(3)4(6)10/h1-3H3,(H2,6,10)(H,7,11). The number of urea groups is 2. The number of carbonyl (C=O) groups excluding carboxylic acids is 2. The van der Waals surface area contributed by atoms with Crippen LogP contribution in [0.1, 0.15) is 0 Å². The third kappa shape index (κ3) is 3.29. The highest BCUT2D eigenvalue weighted by atomic mass is 16.2. The molecule has 0 fully saturated rings. The fourth-order valence-corrected chi connectivity index (χ4v) is 0.299. The van der Waals surface area contributed by atoms with Crippen LogP contribution in [0.15, 0.2) is 0 Å². The van der Waals surface area contributed by atoms with Crippen molar-refractivity contribution in [2.75, 3.05) is 21.1 Å². The van der Waals surface area contributed by atoms with E-state index in [1.165, 1.54) is 11.9 Å². The molecular formula is C5H12N4O2. The molecule has 0 saturated heterocycles. The van der Waals surface area contributed by atoms with E-state index >= 15 is 0 Å². The number of carbonyl (C=O) groups is 2. The largest absolute Gasteiger partial charge is 0.350 e. The molecule has 0 heterocycles. The van der Waals surface area contributed by atoms with Crippen LogP contribution in [0, 0.1) is 0 Å². The van der Waals surface area contributed by atoms with Crippen LogP contribution in [-0.2, 0) is 0 Å². The fourth-order valence-electron chi connectivity index (χ4n) is 0.299. The van der Waals surface area contributed by atoms with Crippen LogP contribution in [-0.4, -0.2) is 43.1 Å². The number of rotatable bonds is 0. The van der Waals surface area contributed by atoms with Crippen LogP contribution in [0.4, 0.5) is 9.59 Å². The van der Waals surface area contributed by atoms with Gasteiger partial charge in [-0.2, -0.15) is 0 Å². The van der Waals surface area contributed by atoms with Gasteiger partial charge in [0.2, 0.25) is 0 Å². The van der Waals surface area contributed by atoms with Crippen molar-refractivity contribution in [2.45, 2.75) is 0 Å². The van der Waals surface area contributed by atoms with Gasteiger partial charge in [-0.3, -0.25) is 0 Å². The highest BCUT2D eigenvalue weighted by Gasteiger charge is 2.08. The SMILES string of the molecule is CN(C)C(=O)NN(C)C(N)=O. The first-order chi connectivity index (χ1) is 4.95. The first-order valence-corrected chi connectivity index (χ1v) is 2.96. The van der Waals surface area contributed by atoms with E-state index in [0.29, 0.717) is 0 Å². The van der Waals surface area contributed by atoms with E-state index < -0.39 is 12.1 Å². The van der Waals surface area contributed by atoms with Gasteiger partial charge in [0.1, 0.15) is 0 Å². The molecule has 0 unspecified atom stereocenters. The topological polar surface area (TPSA) is 78.7 Å². The van der Waals surface area contributed by atoms with Gasteiger partial charge in [0.25, 0.3) is 0 Å². The lowest BCUT2D eigenvalue weighted by atomic mass is 10.8. The van der Waals surface area contributed by atoms with Gasteiger partial charge in [-0.25, -0.2) is 20.0 Å². The molecule has 11 heavy (non-hydrogen) atoms. The van der Waals surface area contributed by atoms with Gasteiger partial charge in [0.05, 0.1) is 0 Å². The molecule has 0 spiro atoms. The van der Waals surface area contributed by atoms with Gasteiger partial charge in [0.15, 0.2) is 0 Å². The number of hydrogen-bond acceptors (Lipinski definition) is 2. The smallest absolute Gasteiger partial charge is 0.335 e. The Balaban J connectivity index is 3.85. The van der Waals surface area contributed by atoms with E-state index in [1.807, 2.05) is 0 Å². The highest BCUT2D eigenvalue weighted by molar-refractivity contribution is 5.78. The summed E-state index contributed by atoms with van der Waals surface area (Å²) in [5.41, 5.74) is 7.06. The number of nitrogens with one attached hydrogen (secondary N) is 1. The zero-order valence-corrected chi connectivity index (χ0v) is 6.79. The first kappa shape index (κ1) is 9.54. The first-order valence-electron chi connectivity index (χ1n) is 2.96. The molecule has 0 aromatic rings. The maximum atomic E-state index is 10.8. The second kappa shape index (κ2) is 3.65. The van der Waals surface area contributed by atoms with Crippen LogP contribution >= 0.6 is 0 Å². The minimum atomic E-state index is -0.708. The molecular weight excluding hydrogens is 148 g/mol. The number of hydrogen-bond donors (Lipinski definition) is 2. The summed E-state index contributed by atoms with van der Waals surface area (Å²) in [4.78, 5) is 22.5. The number of primary amides is 1. The van der Waals surface area contributed by atoms with E-state index in [1.54, 1.807) is 14.1 Å². The Kier molecular flexibility index (Phi) is 3.16. The van der Waals surface area contributed by atoms with Gasteiger partial charge in [0, 0.05) is 21.1 Å². The quantitative estimate of drug-likeness (QED) is 0.454. The number of nitrogens with two attached hydrogens (primary N) is 1. The van der Waals surface area contributed by atoms with Gasteiger partial charge >= 0.3 is 12.1 Å². The number of hydrazine groups is 1. The Morgan fingerprint density at radius 2 is 1.73 bits per heavy atom. The average Bonchev–Trinajstić information content (AvgIpc) is 1.87. The van der Waals surface area contributed by atoms with Crippen molar-refractivity contribution in [3.63, 3.8) is 0 Å². The van der Waals surface area contributed by atoms with Crippen LogP contribution in [0.2, 0.25) is 0 Å². The summed E-state index contributed by atoms with van der Waals surface area (Å²) in [6, 6.07) is -1.11. The second-order valence-corrected chi connectivity index (χ2v) is 2.21. The maximum Gasteiger partial charge on any atom is 0.335 e. The minimum absolute atomic E-state index is 0.397. The molecule has 4 amide bonds. The van der Waals surface area contributed by atoms with Crippen LogP contribution < -0.4 is 11.2 Å². The summed E-state index contributed by atoms with van der Waals surface area (Å²) in [5, 5.41) is 0.905. The third-order valence-corrected chi connectivity index (χ3v) is 1.00. The Bertz CT molecular complexity index is 168. The molecule has 0 aliphatic carbocycles.